The summed E-state index contributed by atoms with van der Waals surface area (Å²) in [5.41, 5.74) is 4.91. The molecular weight excluding hydrogens is 392 g/mol. The first-order chi connectivity index (χ1) is 14.6. The van der Waals surface area contributed by atoms with Gasteiger partial charge in [-0.3, -0.25) is 14.3 Å². The number of nitrogens with zero attached hydrogens (tertiary/aromatic N) is 3. The number of aryl methyl sites for hydroxylation is 2. The van der Waals surface area contributed by atoms with E-state index in [4.69, 9.17) is 0 Å². The molecule has 1 aromatic heterocycles. The van der Waals surface area contributed by atoms with E-state index in [0.29, 0.717) is 5.75 Å². The minimum absolute atomic E-state index is 0.0706. The Kier molecular flexibility index (Phi) is 6.55. The molecule has 1 atom stereocenters. The maximum Gasteiger partial charge on any atom is 0.230 e. The molecule has 2 heterocycles. The SMILES string of the molecule is Cc1ccc(-n2ccnc2SCC(=O)NC2CCN(Cc3ccccc3)C2)cc1C. The summed E-state index contributed by atoms with van der Waals surface area (Å²) in [6, 6.07) is 17.1. The predicted octanol–water partition coefficient (Wildman–Crippen LogP) is 3.97. The van der Waals surface area contributed by atoms with Crippen LogP contribution in [0.4, 0.5) is 0 Å². The van der Waals surface area contributed by atoms with Gasteiger partial charge in [0.25, 0.3) is 0 Å². The average Bonchev–Trinajstić information content (AvgIpc) is 3.39. The lowest BCUT2D eigenvalue weighted by Gasteiger charge is -2.17. The van der Waals surface area contributed by atoms with Gasteiger partial charge in [-0.15, -0.1) is 0 Å². The van der Waals surface area contributed by atoms with Crippen molar-refractivity contribution in [3.05, 3.63) is 77.6 Å². The van der Waals surface area contributed by atoms with E-state index >= 15 is 0 Å². The Morgan fingerprint density at radius 1 is 1.17 bits per heavy atom. The van der Waals surface area contributed by atoms with Crippen molar-refractivity contribution in [3.8, 4) is 5.69 Å². The Hall–Kier alpha value is -2.57. The van der Waals surface area contributed by atoms with Gasteiger partial charge in [0.2, 0.25) is 5.91 Å². The van der Waals surface area contributed by atoms with Gasteiger partial charge < -0.3 is 5.32 Å². The van der Waals surface area contributed by atoms with Crippen LogP contribution in [0.5, 0.6) is 0 Å². The van der Waals surface area contributed by atoms with Gasteiger partial charge in [0.15, 0.2) is 5.16 Å². The Balaban J connectivity index is 1.28. The quantitative estimate of drug-likeness (QED) is 0.588. The maximum absolute atomic E-state index is 12.5. The maximum atomic E-state index is 12.5. The molecule has 0 spiro atoms. The van der Waals surface area contributed by atoms with Crippen molar-refractivity contribution < 1.29 is 4.79 Å². The van der Waals surface area contributed by atoms with Crippen LogP contribution in [0, 0.1) is 13.8 Å². The topological polar surface area (TPSA) is 50.2 Å². The van der Waals surface area contributed by atoms with Crippen molar-refractivity contribution in [3.63, 3.8) is 0 Å². The molecule has 1 N–H and O–H groups in total. The second kappa shape index (κ2) is 9.49. The second-order valence-electron chi connectivity index (χ2n) is 7.91. The number of nitrogens with one attached hydrogen (secondary N) is 1. The number of imidazole rings is 1. The Morgan fingerprint density at radius 3 is 2.80 bits per heavy atom. The highest BCUT2D eigenvalue weighted by molar-refractivity contribution is 7.99. The van der Waals surface area contributed by atoms with Crippen LogP contribution in [0.2, 0.25) is 0 Å². The number of likely N-dealkylation sites (tertiary alicyclic amines) is 1. The monoisotopic (exact) mass is 420 g/mol. The fraction of sp³-hybridized carbons (Fsp3) is 0.333. The van der Waals surface area contributed by atoms with Crippen molar-refractivity contribution in [1.29, 1.82) is 0 Å². The van der Waals surface area contributed by atoms with Crippen LogP contribution < -0.4 is 5.32 Å². The lowest BCUT2D eigenvalue weighted by molar-refractivity contribution is -0.119. The fourth-order valence-electron chi connectivity index (χ4n) is 3.80. The van der Waals surface area contributed by atoms with Gasteiger partial charge >= 0.3 is 0 Å². The van der Waals surface area contributed by atoms with Gasteiger partial charge in [-0.05, 0) is 49.1 Å². The summed E-state index contributed by atoms with van der Waals surface area (Å²) < 4.78 is 2.04. The van der Waals surface area contributed by atoms with Crippen LogP contribution in [0.15, 0.2) is 66.1 Å². The molecule has 1 saturated heterocycles. The molecule has 4 rings (SSSR count). The number of hydrogen-bond acceptors (Lipinski definition) is 4. The number of benzene rings is 2. The number of aromatic nitrogens is 2. The summed E-state index contributed by atoms with van der Waals surface area (Å²) >= 11 is 1.48. The summed E-state index contributed by atoms with van der Waals surface area (Å²) in [6.45, 7) is 7.08. The Bertz CT molecular complexity index is 1000. The van der Waals surface area contributed by atoms with Crippen molar-refractivity contribution in [2.75, 3.05) is 18.8 Å². The molecule has 0 radical (unpaired) electrons. The molecule has 1 amide bonds. The van der Waals surface area contributed by atoms with Gasteiger partial charge in [-0.25, -0.2) is 4.98 Å². The van der Waals surface area contributed by atoms with Gasteiger partial charge in [0.05, 0.1) is 5.75 Å². The molecule has 0 aliphatic carbocycles. The number of amides is 1. The first kappa shape index (κ1) is 20.7. The lowest BCUT2D eigenvalue weighted by atomic mass is 10.1. The minimum atomic E-state index is 0.0706. The zero-order chi connectivity index (χ0) is 20.9. The molecule has 6 heteroatoms. The molecule has 1 fully saturated rings. The molecular formula is C24H28N4OS. The summed E-state index contributed by atoms with van der Waals surface area (Å²) in [4.78, 5) is 19.4. The van der Waals surface area contributed by atoms with Crippen LogP contribution in [-0.2, 0) is 11.3 Å². The number of thioether (sulfide) groups is 1. The van der Waals surface area contributed by atoms with E-state index in [0.717, 1.165) is 36.9 Å². The second-order valence-corrected chi connectivity index (χ2v) is 8.85. The highest BCUT2D eigenvalue weighted by atomic mass is 32.2. The largest absolute Gasteiger partial charge is 0.351 e. The highest BCUT2D eigenvalue weighted by Crippen LogP contribution is 2.22. The molecule has 30 heavy (non-hydrogen) atoms. The standard InChI is InChI=1S/C24H28N4OS/c1-18-8-9-22(14-19(18)2)28-13-11-25-24(28)30-17-23(29)26-21-10-12-27(16-21)15-20-6-4-3-5-7-20/h3-9,11,13-14,21H,10,12,15-17H2,1-2H3,(H,26,29). The minimum Gasteiger partial charge on any atom is -0.351 e. The third-order valence-electron chi connectivity index (χ3n) is 5.59. The first-order valence-electron chi connectivity index (χ1n) is 10.4. The number of hydrogen-bond donors (Lipinski definition) is 1. The van der Waals surface area contributed by atoms with E-state index in [2.05, 4.69) is 71.5 Å². The van der Waals surface area contributed by atoms with Crippen LogP contribution >= 0.6 is 11.8 Å². The molecule has 3 aromatic rings. The number of rotatable bonds is 7. The first-order valence-corrected chi connectivity index (χ1v) is 11.4. The summed E-state index contributed by atoms with van der Waals surface area (Å²) in [7, 11) is 0. The molecule has 0 bridgehead atoms. The number of carbonyl (C=O) groups is 1. The van der Waals surface area contributed by atoms with Gasteiger partial charge in [0.1, 0.15) is 0 Å². The van der Waals surface area contributed by atoms with Gasteiger partial charge in [-0.1, -0.05) is 48.2 Å². The molecule has 1 unspecified atom stereocenters. The van der Waals surface area contributed by atoms with E-state index in [-0.39, 0.29) is 11.9 Å². The van der Waals surface area contributed by atoms with Crippen LogP contribution in [0.3, 0.4) is 0 Å². The normalized spacial score (nSPS) is 16.7. The van der Waals surface area contributed by atoms with E-state index < -0.39 is 0 Å². The summed E-state index contributed by atoms with van der Waals surface area (Å²) in [6.07, 6.45) is 4.73. The van der Waals surface area contributed by atoms with Crippen molar-refractivity contribution in [2.24, 2.45) is 0 Å². The van der Waals surface area contributed by atoms with Crippen molar-refractivity contribution in [1.82, 2.24) is 19.8 Å². The molecule has 2 aromatic carbocycles. The van der Waals surface area contributed by atoms with E-state index in [1.807, 2.05) is 16.8 Å². The van der Waals surface area contributed by atoms with Crippen LogP contribution in [0.1, 0.15) is 23.1 Å². The smallest absolute Gasteiger partial charge is 0.230 e. The molecule has 156 valence electrons. The zero-order valence-electron chi connectivity index (χ0n) is 17.5. The molecule has 0 saturated carbocycles. The van der Waals surface area contributed by atoms with Crippen LogP contribution in [-0.4, -0.2) is 45.2 Å². The third-order valence-corrected chi connectivity index (χ3v) is 6.56. The molecule has 1 aliphatic rings. The van der Waals surface area contributed by atoms with Gasteiger partial charge in [0, 0.05) is 43.8 Å². The van der Waals surface area contributed by atoms with Crippen molar-refractivity contribution in [2.45, 2.75) is 38.0 Å². The number of carbonyl (C=O) groups excluding carboxylic acids is 1. The molecule has 1 aliphatic heterocycles. The zero-order valence-corrected chi connectivity index (χ0v) is 18.4. The fourth-order valence-corrected chi connectivity index (χ4v) is 4.59. The van der Waals surface area contributed by atoms with Crippen molar-refractivity contribution >= 4 is 17.7 Å². The highest BCUT2D eigenvalue weighted by Gasteiger charge is 2.24. The van der Waals surface area contributed by atoms with Crippen LogP contribution in [0.25, 0.3) is 5.69 Å². The third kappa shape index (κ3) is 5.12. The summed E-state index contributed by atoms with van der Waals surface area (Å²) in [5.74, 6) is 0.443. The Labute approximate surface area is 182 Å². The predicted molar refractivity (Wildman–Crippen MR) is 122 cm³/mol. The van der Waals surface area contributed by atoms with Gasteiger partial charge in [-0.2, -0.15) is 0 Å². The van der Waals surface area contributed by atoms with E-state index in [1.54, 1.807) is 6.20 Å². The lowest BCUT2D eigenvalue weighted by Crippen LogP contribution is -2.38. The molecule has 5 nitrogen and oxygen atoms in total. The van der Waals surface area contributed by atoms with E-state index in [9.17, 15) is 4.79 Å². The van der Waals surface area contributed by atoms with E-state index in [1.165, 1.54) is 28.5 Å². The Morgan fingerprint density at radius 2 is 2.00 bits per heavy atom. The average molecular weight is 421 g/mol. The summed E-state index contributed by atoms with van der Waals surface area (Å²) in [5, 5.41) is 4.03.